The van der Waals surface area contributed by atoms with Gasteiger partial charge in [0.1, 0.15) is 6.04 Å². The van der Waals surface area contributed by atoms with E-state index in [2.05, 4.69) is 5.10 Å². The Morgan fingerprint density at radius 2 is 1.96 bits per heavy atom. The van der Waals surface area contributed by atoms with E-state index in [9.17, 15) is 14.7 Å². The van der Waals surface area contributed by atoms with Crippen LogP contribution in [0.3, 0.4) is 0 Å². The van der Waals surface area contributed by atoms with Gasteiger partial charge in [-0.1, -0.05) is 0 Å². The first kappa shape index (κ1) is 15.3. The summed E-state index contributed by atoms with van der Waals surface area (Å²) in [4.78, 5) is 25.4. The Kier molecular flexibility index (Phi) is 4.14. The van der Waals surface area contributed by atoms with Gasteiger partial charge in [-0.25, -0.2) is 9.48 Å². The van der Waals surface area contributed by atoms with Crippen molar-refractivity contribution in [1.29, 1.82) is 0 Å². The number of benzene rings is 1. The number of hydrogen-bond acceptors (Lipinski definition) is 3. The summed E-state index contributed by atoms with van der Waals surface area (Å²) < 4.78 is 1.74. The summed E-state index contributed by atoms with van der Waals surface area (Å²) >= 11 is 0. The Labute approximate surface area is 134 Å². The van der Waals surface area contributed by atoms with E-state index in [1.807, 2.05) is 25.3 Å². The fraction of sp³-hybridized carbons (Fsp3) is 0.353. The summed E-state index contributed by atoms with van der Waals surface area (Å²) in [7, 11) is 0. The smallest absolute Gasteiger partial charge is 0.326 e. The van der Waals surface area contributed by atoms with Gasteiger partial charge in [0, 0.05) is 18.3 Å². The van der Waals surface area contributed by atoms with Crippen LogP contribution in [-0.4, -0.2) is 44.3 Å². The number of rotatable bonds is 3. The number of carboxylic acid groups (broad SMARTS) is 1. The summed E-state index contributed by atoms with van der Waals surface area (Å²) in [6.45, 7) is 2.46. The van der Waals surface area contributed by atoms with Crippen LogP contribution in [0.1, 0.15) is 35.2 Å². The van der Waals surface area contributed by atoms with Crippen LogP contribution in [0, 0.1) is 6.92 Å². The Balaban J connectivity index is 1.80. The van der Waals surface area contributed by atoms with Crippen molar-refractivity contribution in [2.45, 2.75) is 32.2 Å². The van der Waals surface area contributed by atoms with Gasteiger partial charge in [-0.15, -0.1) is 0 Å². The van der Waals surface area contributed by atoms with Gasteiger partial charge in [0.15, 0.2) is 0 Å². The third-order valence-corrected chi connectivity index (χ3v) is 4.14. The minimum absolute atomic E-state index is 0.222. The van der Waals surface area contributed by atoms with Crippen molar-refractivity contribution >= 4 is 11.9 Å². The Morgan fingerprint density at radius 3 is 2.57 bits per heavy atom. The van der Waals surface area contributed by atoms with E-state index in [1.165, 1.54) is 4.90 Å². The number of aromatic nitrogens is 2. The number of nitrogens with zero attached hydrogens (tertiary/aromatic N) is 3. The topological polar surface area (TPSA) is 75.4 Å². The average molecular weight is 313 g/mol. The van der Waals surface area contributed by atoms with Crippen molar-refractivity contribution in [3.63, 3.8) is 0 Å². The molecule has 1 aliphatic heterocycles. The summed E-state index contributed by atoms with van der Waals surface area (Å²) in [6, 6.07) is 6.37. The van der Waals surface area contributed by atoms with Gasteiger partial charge < -0.3 is 10.0 Å². The number of carbonyl (C=O) groups is 2. The molecule has 1 fully saturated rings. The number of aryl methyl sites for hydroxylation is 1. The van der Waals surface area contributed by atoms with Gasteiger partial charge in [-0.3, -0.25) is 4.79 Å². The quantitative estimate of drug-likeness (QED) is 0.943. The van der Waals surface area contributed by atoms with Gasteiger partial charge in [0.25, 0.3) is 5.91 Å². The number of amides is 1. The highest BCUT2D eigenvalue weighted by Gasteiger charge is 2.32. The molecule has 1 saturated heterocycles. The molecule has 1 aliphatic rings. The van der Waals surface area contributed by atoms with E-state index in [-0.39, 0.29) is 5.91 Å². The van der Waals surface area contributed by atoms with Gasteiger partial charge in [-0.2, -0.15) is 5.10 Å². The van der Waals surface area contributed by atoms with E-state index in [0.717, 1.165) is 24.1 Å². The highest BCUT2D eigenvalue weighted by Crippen LogP contribution is 2.20. The lowest BCUT2D eigenvalue weighted by molar-refractivity contribution is -0.143. The standard InChI is InChI=1S/C17H19N3O3/c1-12-10-18-20(11-12)14-7-5-13(6-8-14)16(21)19-9-3-2-4-15(19)17(22)23/h5-8,10-11,15H,2-4,9H2,1H3,(H,22,23)/t15-/m0/s1. The maximum Gasteiger partial charge on any atom is 0.326 e. The summed E-state index contributed by atoms with van der Waals surface area (Å²) in [5, 5.41) is 13.5. The molecule has 1 N–H and O–H groups in total. The second-order valence-electron chi connectivity index (χ2n) is 5.86. The fourth-order valence-corrected chi connectivity index (χ4v) is 2.91. The zero-order valence-electron chi connectivity index (χ0n) is 13.0. The maximum absolute atomic E-state index is 12.6. The van der Waals surface area contributed by atoms with E-state index in [0.29, 0.717) is 18.5 Å². The molecule has 2 heterocycles. The van der Waals surface area contributed by atoms with Gasteiger partial charge >= 0.3 is 5.97 Å². The first-order valence-corrected chi connectivity index (χ1v) is 7.72. The third kappa shape index (κ3) is 3.11. The number of hydrogen-bond donors (Lipinski definition) is 1. The molecule has 23 heavy (non-hydrogen) atoms. The van der Waals surface area contributed by atoms with E-state index < -0.39 is 12.0 Å². The largest absolute Gasteiger partial charge is 0.480 e. The number of aliphatic carboxylic acids is 1. The van der Waals surface area contributed by atoms with Crippen molar-refractivity contribution in [3.8, 4) is 5.69 Å². The number of carbonyl (C=O) groups excluding carboxylic acids is 1. The minimum Gasteiger partial charge on any atom is -0.480 e. The number of likely N-dealkylation sites (tertiary alicyclic amines) is 1. The van der Waals surface area contributed by atoms with Crippen molar-refractivity contribution in [1.82, 2.24) is 14.7 Å². The average Bonchev–Trinajstić information content (AvgIpc) is 3.01. The summed E-state index contributed by atoms with van der Waals surface area (Å²) in [5.41, 5.74) is 2.43. The molecule has 120 valence electrons. The van der Waals surface area contributed by atoms with Gasteiger partial charge in [-0.05, 0) is 56.0 Å². The minimum atomic E-state index is -0.929. The highest BCUT2D eigenvalue weighted by molar-refractivity contribution is 5.96. The molecule has 0 bridgehead atoms. The van der Waals surface area contributed by atoms with Crippen LogP contribution in [0.2, 0.25) is 0 Å². The molecule has 0 unspecified atom stereocenters. The summed E-state index contributed by atoms with van der Waals surface area (Å²) in [6.07, 6.45) is 5.89. The van der Waals surface area contributed by atoms with Gasteiger partial charge in [0.2, 0.25) is 0 Å². The lowest BCUT2D eigenvalue weighted by Gasteiger charge is -2.33. The Morgan fingerprint density at radius 1 is 1.22 bits per heavy atom. The number of piperidine rings is 1. The highest BCUT2D eigenvalue weighted by atomic mass is 16.4. The zero-order valence-corrected chi connectivity index (χ0v) is 13.0. The lowest BCUT2D eigenvalue weighted by Crippen LogP contribution is -2.47. The monoisotopic (exact) mass is 313 g/mol. The van der Waals surface area contributed by atoms with Crippen molar-refractivity contribution in [2.24, 2.45) is 0 Å². The molecule has 0 spiro atoms. The second kappa shape index (κ2) is 6.24. The molecule has 1 aromatic carbocycles. The molecular formula is C17H19N3O3. The maximum atomic E-state index is 12.6. The number of carboxylic acids is 1. The molecule has 0 saturated carbocycles. The molecule has 0 radical (unpaired) electrons. The first-order valence-electron chi connectivity index (χ1n) is 7.72. The van der Waals surface area contributed by atoms with Crippen molar-refractivity contribution in [3.05, 3.63) is 47.8 Å². The lowest BCUT2D eigenvalue weighted by atomic mass is 10.0. The molecule has 6 heteroatoms. The van der Waals surface area contributed by atoms with E-state index in [1.54, 1.807) is 23.0 Å². The van der Waals surface area contributed by atoms with Crippen molar-refractivity contribution in [2.75, 3.05) is 6.54 Å². The van der Waals surface area contributed by atoms with Crippen LogP contribution in [0.4, 0.5) is 0 Å². The predicted octanol–water partition coefficient (Wildman–Crippen LogP) is 2.26. The molecule has 1 atom stereocenters. The van der Waals surface area contributed by atoms with Crippen LogP contribution in [-0.2, 0) is 4.79 Å². The second-order valence-corrected chi connectivity index (χ2v) is 5.86. The van der Waals surface area contributed by atoms with E-state index in [4.69, 9.17) is 0 Å². The summed E-state index contributed by atoms with van der Waals surface area (Å²) in [5.74, 6) is -1.15. The Hall–Kier alpha value is -2.63. The van der Waals surface area contributed by atoms with Crippen LogP contribution in [0.15, 0.2) is 36.7 Å². The Bertz CT molecular complexity index is 721. The van der Waals surface area contributed by atoms with Crippen LogP contribution < -0.4 is 0 Å². The van der Waals surface area contributed by atoms with Crippen molar-refractivity contribution < 1.29 is 14.7 Å². The fourth-order valence-electron chi connectivity index (χ4n) is 2.91. The normalized spacial score (nSPS) is 18.0. The van der Waals surface area contributed by atoms with Crippen LogP contribution in [0.25, 0.3) is 5.69 Å². The first-order chi connectivity index (χ1) is 11.1. The third-order valence-electron chi connectivity index (χ3n) is 4.14. The van der Waals surface area contributed by atoms with Crippen LogP contribution >= 0.6 is 0 Å². The molecule has 3 rings (SSSR count). The molecular weight excluding hydrogens is 294 g/mol. The SMILES string of the molecule is Cc1cnn(-c2ccc(C(=O)N3CCCC[C@H]3C(=O)O)cc2)c1. The predicted molar refractivity (Wildman–Crippen MR) is 84.6 cm³/mol. The zero-order chi connectivity index (χ0) is 16.4. The molecule has 2 aromatic rings. The van der Waals surface area contributed by atoms with E-state index >= 15 is 0 Å². The molecule has 1 aromatic heterocycles. The molecule has 0 aliphatic carbocycles. The van der Waals surface area contributed by atoms with Crippen LogP contribution in [0.5, 0.6) is 0 Å². The molecule has 1 amide bonds. The van der Waals surface area contributed by atoms with Gasteiger partial charge in [0.05, 0.1) is 11.9 Å². The molecule has 6 nitrogen and oxygen atoms in total.